The largest absolute Gasteiger partial charge is 0.302 e. The molecule has 6 nitrogen and oxygen atoms in total. The number of nitriles is 1. The minimum absolute atomic E-state index is 0.0511. The number of carbonyl (C=O) groups is 1. The first kappa shape index (κ1) is 20.7. The standard InChI is InChI=1S/C22H25N5OS/c1-15-5-7-18(8-6-15)13-19-14-24-22(29-19)25-21(28)10-9-20-16(2)26-27(17(20)3)12-4-11-23/h5-8,14H,4,9-10,12-13H2,1-3H3,(H,24,25,28). The molecule has 0 saturated heterocycles. The van der Waals surface area contributed by atoms with Gasteiger partial charge < -0.3 is 5.32 Å². The Bertz CT molecular complexity index is 1030. The summed E-state index contributed by atoms with van der Waals surface area (Å²) in [4.78, 5) is 17.8. The highest BCUT2D eigenvalue weighted by atomic mass is 32.1. The number of carbonyl (C=O) groups excluding carboxylic acids is 1. The maximum atomic E-state index is 12.4. The van der Waals surface area contributed by atoms with Crippen LogP contribution in [0.25, 0.3) is 0 Å². The van der Waals surface area contributed by atoms with E-state index in [-0.39, 0.29) is 5.91 Å². The van der Waals surface area contributed by atoms with Crippen molar-refractivity contribution < 1.29 is 4.79 Å². The Balaban J connectivity index is 1.54. The van der Waals surface area contributed by atoms with Gasteiger partial charge in [-0.15, -0.1) is 11.3 Å². The third-order valence-electron chi connectivity index (χ3n) is 4.87. The van der Waals surface area contributed by atoms with Crippen molar-refractivity contribution in [2.24, 2.45) is 0 Å². The van der Waals surface area contributed by atoms with E-state index in [0.29, 0.717) is 30.9 Å². The first-order chi connectivity index (χ1) is 14.0. The van der Waals surface area contributed by atoms with Crippen molar-refractivity contribution in [3.63, 3.8) is 0 Å². The molecule has 0 unspecified atom stereocenters. The molecule has 1 aromatic carbocycles. The fraction of sp³-hybridized carbons (Fsp3) is 0.364. The zero-order valence-corrected chi connectivity index (χ0v) is 17.8. The summed E-state index contributed by atoms with van der Waals surface area (Å²) >= 11 is 1.51. The van der Waals surface area contributed by atoms with Crippen molar-refractivity contribution in [1.29, 1.82) is 5.26 Å². The molecule has 2 heterocycles. The summed E-state index contributed by atoms with van der Waals surface area (Å²) in [5.74, 6) is -0.0511. The van der Waals surface area contributed by atoms with Crippen LogP contribution in [0.5, 0.6) is 0 Å². The molecule has 0 aliphatic rings. The highest BCUT2D eigenvalue weighted by Gasteiger charge is 2.14. The molecular weight excluding hydrogens is 382 g/mol. The lowest BCUT2D eigenvalue weighted by Gasteiger charge is -2.04. The van der Waals surface area contributed by atoms with Gasteiger partial charge in [0.15, 0.2) is 5.13 Å². The molecule has 29 heavy (non-hydrogen) atoms. The van der Waals surface area contributed by atoms with Gasteiger partial charge in [0.25, 0.3) is 0 Å². The molecule has 7 heteroatoms. The fourth-order valence-electron chi connectivity index (χ4n) is 3.24. The van der Waals surface area contributed by atoms with Crippen LogP contribution in [0.2, 0.25) is 0 Å². The lowest BCUT2D eigenvalue weighted by atomic mass is 10.1. The number of thiazole rings is 1. The Kier molecular flexibility index (Phi) is 6.78. The van der Waals surface area contributed by atoms with Gasteiger partial charge in [-0.1, -0.05) is 29.8 Å². The molecular formula is C22H25N5OS. The number of nitrogens with one attached hydrogen (secondary N) is 1. The Morgan fingerprint density at radius 2 is 2.00 bits per heavy atom. The predicted molar refractivity (Wildman–Crippen MR) is 115 cm³/mol. The number of nitrogens with zero attached hydrogens (tertiary/aromatic N) is 4. The summed E-state index contributed by atoms with van der Waals surface area (Å²) in [5, 5.41) is 16.8. The average Bonchev–Trinajstić information content (AvgIpc) is 3.24. The van der Waals surface area contributed by atoms with Crippen molar-refractivity contribution in [3.8, 4) is 6.07 Å². The Morgan fingerprint density at radius 1 is 1.24 bits per heavy atom. The van der Waals surface area contributed by atoms with Crippen LogP contribution in [0, 0.1) is 32.1 Å². The number of hydrogen-bond acceptors (Lipinski definition) is 5. The summed E-state index contributed by atoms with van der Waals surface area (Å²) in [6.45, 7) is 6.59. The summed E-state index contributed by atoms with van der Waals surface area (Å²) in [6.07, 6.45) is 4.06. The average molecular weight is 408 g/mol. The normalized spacial score (nSPS) is 10.7. The van der Waals surface area contributed by atoms with E-state index in [9.17, 15) is 4.79 Å². The lowest BCUT2D eigenvalue weighted by Crippen LogP contribution is -2.12. The Labute approximate surface area is 175 Å². The van der Waals surface area contributed by atoms with E-state index in [4.69, 9.17) is 5.26 Å². The highest BCUT2D eigenvalue weighted by Crippen LogP contribution is 2.22. The molecule has 3 aromatic rings. The molecule has 0 saturated carbocycles. The fourth-order valence-corrected chi connectivity index (χ4v) is 4.11. The van der Waals surface area contributed by atoms with Crippen LogP contribution >= 0.6 is 11.3 Å². The minimum Gasteiger partial charge on any atom is -0.302 e. The molecule has 1 N–H and O–H groups in total. The summed E-state index contributed by atoms with van der Waals surface area (Å²) < 4.78 is 1.85. The van der Waals surface area contributed by atoms with Gasteiger partial charge in [0, 0.05) is 29.6 Å². The van der Waals surface area contributed by atoms with Crippen LogP contribution in [0.15, 0.2) is 30.5 Å². The number of anilines is 1. The number of rotatable bonds is 8. The molecule has 0 bridgehead atoms. The second-order valence-corrected chi connectivity index (χ2v) is 8.24. The SMILES string of the molecule is Cc1ccc(Cc2cnc(NC(=O)CCc3c(C)nn(CCC#N)c3C)s2)cc1. The molecule has 3 rings (SSSR count). The van der Waals surface area contributed by atoms with Gasteiger partial charge in [-0.05, 0) is 38.3 Å². The molecule has 0 aliphatic heterocycles. The monoisotopic (exact) mass is 407 g/mol. The van der Waals surface area contributed by atoms with Gasteiger partial charge in [-0.3, -0.25) is 9.48 Å². The van der Waals surface area contributed by atoms with Gasteiger partial charge in [-0.2, -0.15) is 10.4 Å². The van der Waals surface area contributed by atoms with Crippen molar-refractivity contribution in [2.45, 2.75) is 53.0 Å². The van der Waals surface area contributed by atoms with Crippen LogP contribution in [-0.2, 0) is 24.2 Å². The second-order valence-electron chi connectivity index (χ2n) is 7.12. The smallest absolute Gasteiger partial charge is 0.226 e. The Morgan fingerprint density at radius 3 is 2.72 bits per heavy atom. The van der Waals surface area contributed by atoms with Crippen LogP contribution in [0.3, 0.4) is 0 Å². The van der Waals surface area contributed by atoms with E-state index >= 15 is 0 Å². The van der Waals surface area contributed by atoms with E-state index in [1.165, 1.54) is 22.5 Å². The molecule has 0 radical (unpaired) electrons. The van der Waals surface area contributed by atoms with Gasteiger partial charge >= 0.3 is 0 Å². The van der Waals surface area contributed by atoms with Crippen molar-refractivity contribution in [3.05, 3.63) is 63.4 Å². The highest BCUT2D eigenvalue weighted by molar-refractivity contribution is 7.15. The molecule has 0 spiro atoms. The third-order valence-corrected chi connectivity index (χ3v) is 5.78. The first-order valence-electron chi connectivity index (χ1n) is 9.66. The minimum atomic E-state index is -0.0511. The van der Waals surface area contributed by atoms with E-state index in [1.807, 2.05) is 24.7 Å². The maximum Gasteiger partial charge on any atom is 0.226 e. The van der Waals surface area contributed by atoms with E-state index in [0.717, 1.165) is 28.2 Å². The molecule has 0 aliphatic carbocycles. The quantitative estimate of drug-likeness (QED) is 0.602. The number of amides is 1. The number of aryl methyl sites for hydroxylation is 3. The topological polar surface area (TPSA) is 83.6 Å². The van der Waals surface area contributed by atoms with Gasteiger partial charge in [0.05, 0.1) is 24.7 Å². The second kappa shape index (κ2) is 9.48. The third kappa shape index (κ3) is 5.52. The van der Waals surface area contributed by atoms with Gasteiger partial charge in [0.1, 0.15) is 0 Å². The molecule has 1 amide bonds. The Hall–Kier alpha value is -2.98. The van der Waals surface area contributed by atoms with Crippen LogP contribution in [0.4, 0.5) is 5.13 Å². The van der Waals surface area contributed by atoms with Crippen LogP contribution in [0.1, 0.15) is 45.8 Å². The summed E-state index contributed by atoms with van der Waals surface area (Å²) in [7, 11) is 0. The zero-order chi connectivity index (χ0) is 20.8. The summed E-state index contributed by atoms with van der Waals surface area (Å²) in [6, 6.07) is 10.6. The number of aromatic nitrogens is 3. The predicted octanol–water partition coefficient (Wildman–Crippen LogP) is 4.34. The van der Waals surface area contributed by atoms with Crippen LogP contribution < -0.4 is 5.32 Å². The van der Waals surface area contributed by atoms with Crippen molar-refractivity contribution >= 4 is 22.4 Å². The first-order valence-corrected chi connectivity index (χ1v) is 10.5. The molecule has 2 aromatic heterocycles. The zero-order valence-electron chi connectivity index (χ0n) is 17.0. The lowest BCUT2D eigenvalue weighted by molar-refractivity contribution is -0.116. The van der Waals surface area contributed by atoms with E-state index in [2.05, 4.69) is 52.7 Å². The van der Waals surface area contributed by atoms with Gasteiger partial charge in [-0.25, -0.2) is 4.98 Å². The van der Waals surface area contributed by atoms with Gasteiger partial charge in [0.2, 0.25) is 5.91 Å². The van der Waals surface area contributed by atoms with Crippen molar-refractivity contribution in [2.75, 3.05) is 5.32 Å². The molecule has 0 fully saturated rings. The van der Waals surface area contributed by atoms with Crippen molar-refractivity contribution in [1.82, 2.24) is 14.8 Å². The number of hydrogen-bond donors (Lipinski definition) is 1. The molecule has 150 valence electrons. The van der Waals surface area contributed by atoms with E-state index in [1.54, 1.807) is 0 Å². The maximum absolute atomic E-state index is 12.4. The molecule has 0 atom stereocenters. The summed E-state index contributed by atoms with van der Waals surface area (Å²) in [5.41, 5.74) is 5.50. The van der Waals surface area contributed by atoms with Crippen LogP contribution in [-0.4, -0.2) is 20.7 Å². The van der Waals surface area contributed by atoms with E-state index < -0.39 is 0 Å². The number of benzene rings is 1.